The zero-order valence-electron chi connectivity index (χ0n) is 18.2. The van der Waals surface area contributed by atoms with Gasteiger partial charge in [0.15, 0.2) is 5.41 Å². The number of piperidine rings is 1. The number of carbonyl (C=O) groups is 3. The monoisotopic (exact) mass is 448 g/mol. The van der Waals surface area contributed by atoms with E-state index in [9.17, 15) is 24.5 Å². The van der Waals surface area contributed by atoms with E-state index in [4.69, 9.17) is 0 Å². The Balaban J connectivity index is 1.64. The molecule has 0 radical (unpaired) electrons. The van der Waals surface area contributed by atoms with Crippen LogP contribution in [0.3, 0.4) is 0 Å². The molecule has 2 aromatic rings. The Morgan fingerprint density at radius 1 is 1.12 bits per heavy atom. The number of anilines is 1. The molecule has 33 heavy (non-hydrogen) atoms. The summed E-state index contributed by atoms with van der Waals surface area (Å²) in [4.78, 5) is 54.5. The van der Waals surface area contributed by atoms with Gasteiger partial charge in [-0.05, 0) is 43.4 Å². The van der Waals surface area contributed by atoms with Crippen LogP contribution in [0.4, 0.5) is 16.2 Å². The van der Waals surface area contributed by atoms with Crippen LogP contribution < -0.4 is 10.2 Å². The van der Waals surface area contributed by atoms with Crippen LogP contribution in [-0.2, 0) is 16.0 Å². The maximum atomic E-state index is 14.1. The first-order valence-electron chi connectivity index (χ1n) is 11.1. The fourth-order valence-corrected chi connectivity index (χ4v) is 5.61. The van der Waals surface area contributed by atoms with Crippen LogP contribution in [0.5, 0.6) is 0 Å². The van der Waals surface area contributed by atoms with Crippen LogP contribution in [0, 0.1) is 15.5 Å². The van der Waals surface area contributed by atoms with Crippen molar-refractivity contribution < 1.29 is 19.3 Å². The van der Waals surface area contributed by atoms with Crippen molar-refractivity contribution in [2.45, 2.75) is 44.7 Å². The average Bonchev–Trinajstić information content (AvgIpc) is 2.82. The number of hydrogen-bond donors (Lipinski definition) is 1. The Hall–Kier alpha value is -3.75. The summed E-state index contributed by atoms with van der Waals surface area (Å²) >= 11 is 0. The number of nitrogens with one attached hydrogen (secondary N) is 1. The number of fused-ring (bicyclic) bond motifs is 4. The molecule has 0 aliphatic carbocycles. The molecule has 1 spiro atoms. The molecule has 4 amide bonds. The van der Waals surface area contributed by atoms with Crippen molar-refractivity contribution >= 4 is 29.2 Å². The average molecular weight is 448 g/mol. The third-order valence-corrected chi connectivity index (χ3v) is 7.24. The van der Waals surface area contributed by atoms with Crippen molar-refractivity contribution in [2.24, 2.45) is 5.41 Å². The molecular weight excluding hydrogens is 424 g/mol. The lowest BCUT2D eigenvalue weighted by Crippen LogP contribution is -2.72. The first-order valence-corrected chi connectivity index (χ1v) is 11.1. The number of rotatable bonds is 3. The minimum atomic E-state index is -1.53. The van der Waals surface area contributed by atoms with E-state index in [0.717, 1.165) is 29.0 Å². The summed E-state index contributed by atoms with van der Waals surface area (Å²) in [5.41, 5.74) is 0.551. The number of urea groups is 1. The lowest BCUT2D eigenvalue weighted by Gasteiger charge is -2.54. The van der Waals surface area contributed by atoms with Crippen LogP contribution in [0.25, 0.3) is 0 Å². The van der Waals surface area contributed by atoms with Crippen molar-refractivity contribution in [1.82, 2.24) is 10.2 Å². The van der Waals surface area contributed by atoms with Crippen molar-refractivity contribution in [2.75, 3.05) is 11.4 Å². The number of barbiturate groups is 1. The van der Waals surface area contributed by atoms with Crippen LogP contribution in [0.1, 0.15) is 43.4 Å². The standard InChI is InChI=1S/C24H24N4O5/c1-15(16-7-3-2-4-8-16)27-22(30)24(21(29)25-23(27)31)14-17-13-18(28(32)33)10-11-19(17)26-12-6-5-9-20(24)26/h2-4,7-8,10-11,13,15,20H,5-6,9,12,14H2,1H3,(H,25,29,31)/t15-,20+,24-/m1/s1. The summed E-state index contributed by atoms with van der Waals surface area (Å²) in [5, 5.41) is 13.8. The number of amides is 4. The molecule has 3 heterocycles. The van der Waals surface area contributed by atoms with E-state index in [2.05, 4.69) is 5.32 Å². The molecule has 2 fully saturated rings. The number of nitrogens with zero attached hydrogens (tertiary/aromatic N) is 3. The normalized spacial score (nSPS) is 25.4. The lowest BCUT2D eigenvalue weighted by atomic mass is 9.66. The fourth-order valence-electron chi connectivity index (χ4n) is 5.61. The molecule has 0 unspecified atom stereocenters. The smallest absolute Gasteiger partial charge is 0.331 e. The van der Waals surface area contributed by atoms with E-state index in [1.807, 2.05) is 35.2 Å². The molecule has 3 aliphatic heterocycles. The van der Waals surface area contributed by atoms with Gasteiger partial charge in [-0.3, -0.25) is 29.9 Å². The fraction of sp³-hybridized carbons (Fsp3) is 0.375. The highest BCUT2D eigenvalue weighted by atomic mass is 16.6. The van der Waals surface area contributed by atoms with E-state index >= 15 is 0 Å². The SMILES string of the molecule is C[C@H](c1ccccc1)N1C(=O)NC(=O)[C@]2(Cc3cc([N+](=O)[O-])ccc3N3CCCC[C@H]32)C1=O. The van der Waals surface area contributed by atoms with Crippen molar-refractivity contribution in [3.05, 3.63) is 69.8 Å². The topological polar surface area (TPSA) is 113 Å². The summed E-state index contributed by atoms with van der Waals surface area (Å²) in [6.07, 6.45) is 2.38. The minimum absolute atomic E-state index is 0.0150. The van der Waals surface area contributed by atoms with Gasteiger partial charge in [0.25, 0.3) is 5.69 Å². The Morgan fingerprint density at radius 3 is 2.61 bits per heavy atom. The van der Waals surface area contributed by atoms with Gasteiger partial charge >= 0.3 is 6.03 Å². The van der Waals surface area contributed by atoms with Gasteiger partial charge in [0.05, 0.1) is 17.0 Å². The van der Waals surface area contributed by atoms with Gasteiger partial charge in [-0.2, -0.15) is 0 Å². The number of carbonyl (C=O) groups excluding carboxylic acids is 3. The Bertz CT molecular complexity index is 1170. The summed E-state index contributed by atoms with van der Waals surface area (Å²) < 4.78 is 0. The number of hydrogen-bond acceptors (Lipinski definition) is 6. The molecule has 3 atom stereocenters. The summed E-state index contributed by atoms with van der Waals surface area (Å²) in [6, 6.07) is 12.1. The highest BCUT2D eigenvalue weighted by molar-refractivity contribution is 6.20. The maximum absolute atomic E-state index is 14.1. The first-order chi connectivity index (χ1) is 15.8. The molecule has 5 rings (SSSR count). The van der Waals surface area contributed by atoms with Crippen LogP contribution in [0.15, 0.2) is 48.5 Å². The molecule has 9 nitrogen and oxygen atoms in total. The van der Waals surface area contributed by atoms with Gasteiger partial charge in [0.1, 0.15) is 0 Å². The summed E-state index contributed by atoms with van der Waals surface area (Å²) in [5.74, 6) is -1.16. The molecule has 2 saturated heterocycles. The first kappa shape index (κ1) is 21.1. The van der Waals surface area contributed by atoms with E-state index in [0.29, 0.717) is 18.5 Å². The second-order valence-corrected chi connectivity index (χ2v) is 8.94. The van der Waals surface area contributed by atoms with Gasteiger partial charge < -0.3 is 4.90 Å². The van der Waals surface area contributed by atoms with E-state index < -0.39 is 40.3 Å². The zero-order chi connectivity index (χ0) is 23.3. The molecule has 0 bridgehead atoms. The molecule has 3 aliphatic rings. The quantitative estimate of drug-likeness (QED) is 0.438. The third kappa shape index (κ3) is 3.10. The van der Waals surface area contributed by atoms with Gasteiger partial charge in [0, 0.05) is 30.8 Å². The van der Waals surface area contributed by atoms with Gasteiger partial charge in [-0.15, -0.1) is 0 Å². The summed E-state index contributed by atoms with van der Waals surface area (Å²) in [7, 11) is 0. The van der Waals surface area contributed by atoms with E-state index in [1.54, 1.807) is 13.0 Å². The van der Waals surface area contributed by atoms with Crippen LogP contribution in [0.2, 0.25) is 0 Å². The maximum Gasteiger partial charge on any atom is 0.331 e. The highest BCUT2D eigenvalue weighted by Crippen LogP contribution is 2.49. The highest BCUT2D eigenvalue weighted by Gasteiger charge is 2.62. The molecule has 2 aromatic carbocycles. The number of imide groups is 2. The second-order valence-electron chi connectivity index (χ2n) is 8.94. The Morgan fingerprint density at radius 2 is 1.88 bits per heavy atom. The number of non-ortho nitro benzene ring substituents is 1. The number of nitro benzene ring substituents is 1. The zero-order valence-corrected chi connectivity index (χ0v) is 18.2. The third-order valence-electron chi connectivity index (χ3n) is 7.24. The molecule has 1 N–H and O–H groups in total. The van der Waals surface area contributed by atoms with Crippen molar-refractivity contribution in [3.8, 4) is 0 Å². The molecule has 0 saturated carbocycles. The second kappa shape index (κ2) is 7.68. The predicted molar refractivity (Wildman–Crippen MR) is 119 cm³/mol. The minimum Gasteiger partial charge on any atom is -0.367 e. The lowest BCUT2D eigenvalue weighted by molar-refractivity contribution is -0.384. The predicted octanol–water partition coefficient (Wildman–Crippen LogP) is 3.34. The largest absolute Gasteiger partial charge is 0.367 e. The molecule has 9 heteroatoms. The van der Waals surface area contributed by atoms with Crippen LogP contribution in [-0.4, -0.2) is 40.3 Å². The Labute approximate surface area is 190 Å². The molecular formula is C24H24N4O5. The number of nitro groups is 1. The van der Waals surface area contributed by atoms with Crippen molar-refractivity contribution in [1.29, 1.82) is 0 Å². The van der Waals surface area contributed by atoms with E-state index in [-0.39, 0.29) is 12.1 Å². The van der Waals surface area contributed by atoms with Crippen LogP contribution >= 0.6 is 0 Å². The van der Waals surface area contributed by atoms with Gasteiger partial charge in [0.2, 0.25) is 11.8 Å². The van der Waals surface area contributed by atoms with Crippen molar-refractivity contribution in [3.63, 3.8) is 0 Å². The Kier molecular flexibility index (Phi) is 4.92. The van der Waals surface area contributed by atoms with Gasteiger partial charge in [-0.25, -0.2) is 4.79 Å². The summed E-state index contributed by atoms with van der Waals surface area (Å²) in [6.45, 7) is 2.40. The molecule has 0 aromatic heterocycles. The molecule has 170 valence electrons. The van der Waals surface area contributed by atoms with E-state index in [1.165, 1.54) is 12.1 Å². The number of benzene rings is 2. The van der Waals surface area contributed by atoms with Gasteiger partial charge in [-0.1, -0.05) is 30.3 Å².